The third kappa shape index (κ3) is 4.04. The molecule has 6 nitrogen and oxygen atoms in total. The van der Waals surface area contributed by atoms with E-state index in [2.05, 4.69) is 4.72 Å². The van der Waals surface area contributed by atoms with Gasteiger partial charge in [-0.1, -0.05) is 6.07 Å². The van der Waals surface area contributed by atoms with Gasteiger partial charge in [-0.3, -0.25) is 4.79 Å². The minimum absolute atomic E-state index is 0.00509. The first kappa shape index (κ1) is 18.4. The monoisotopic (exact) mass is 365 g/mol. The third-order valence-electron chi connectivity index (χ3n) is 5.07. The average Bonchev–Trinajstić information content (AvgIpc) is 3.37. The summed E-state index contributed by atoms with van der Waals surface area (Å²) < 4.78 is 27.6. The maximum Gasteiger partial charge on any atom is 0.254 e. The predicted molar refractivity (Wildman–Crippen MR) is 96.8 cm³/mol. The first-order valence-corrected chi connectivity index (χ1v) is 10.5. The van der Waals surface area contributed by atoms with Crippen molar-refractivity contribution in [3.8, 4) is 0 Å². The highest BCUT2D eigenvalue weighted by molar-refractivity contribution is 7.89. The molecule has 1 aromatic carbocycles. The van der Waals surface area contributed by atoms with Crippen LogP contribution in [0.2, 0.25) is 0 Å². The Kier molecular flexibility index (Phi) is 5.18. The summed E-state index contributed by atoms with van der Waals surface area (Å²) in [5.74, 6) is -0.122. The maximum atomic E-state index is 13.1. The fraction of sp³-hybridized carbons (Fsp3) is 0.611. The molecule has 1 aliphatic carbocycles. The fourth-order valence-corrected chi connectivity index (χ4v) is 4.73. The van der Waals surface area contributed by atoms with Gasteiger partial charge in [0.25, 0.3) is 5.91 Å². The summed E-state index contributed by atoms with van der Waals surface area (Å²) in [5, 5.41) is 0. The Balaban J connectivity index is 1.90. The zero-order valence-corrected chi connectivity index (χ0v) is 15.7. The molecule has 0 radical (unpaired) electrons. The highest BCUT2D eigenvalue weighted by atomic mass is 32.2. The maximum absolute atomic E-state index is 13.1. The molecule has 1 aromatic rings. The molecule has 2 atom stereocenters. The number of nitrogens with one attached hydrogen (secondary N) is 1. The quantitative estimate of drug-likeness (QED) is 0.832. The number of amides is 1. The van der Waals surface area contributed by atoms with Gasteiger partial charge in [0.05, 0.1) is 4.90 Å². The van der Waals surface area contributed by atoms with Crippen molar-refractivity contribution >= 4 is 15.9 Å². The van der Waals surface area contributed by atoms with E-state index in [9.17, 15) is 13.2 Å². The Hall–Kier alpha value is -1.44. The zero-order chi connectivity index (χ0) is 18.2. The van der Waals surface area contributed by atoms with Crippen molar-refractivity contribution < 1.29 is 13.2 Å². The molecule has 0 bridgehead atoms. The molecule has 1 amide bonds. The number of hydrogen-bond acceptors (Lipinski definition) is 4. The number of sulfonamides is 1. The normalized spacial score (nSPS) is 22.7. The second kappa shape index (κ2) is 7.05. The van der Waals surface area contributed by atoms with Crippen LogP contribution in [0.5, 0.6) is 0 Å². The fourth-order valence-electron chi connectivity index (χ4n) is 3.40. The lowest BCUT2D eigenvalue weighted by Crippen LogP contribution is -2.51. The van der Waals surface area contributed by atoms with Crippen LogP contribution in [0.1, 0.15) is 54.9 Å². The van der Waals surface area contributed by atoms with Crippen molar-refractivity contribution in [2.24, 2.45) is 5.73 Å². The number of aryl methyl sites for hydroxylation is 1. The van der Waals surface area contributed by atoms with E-state index in [4.69, 9.17) is 5.73 Å². The summed E-state index contributed by atoms with van der Waals surface area (Å²) in [6.45, 7) is 4.42. The standard InChI is InChI=1S/C18H27N3O3S/c1-12-6-9-15(25(23,24)20-14-7-8-14)11-16(12)18(22)21-10-4-3-5-17(21)13(2)19/h6,9,11,13-14,17,20H,3-5,7-8,10,19H2,1-2H3. The highest BCUT2D eigenvalue weighted by Gasteiger charge is 2.32. The van der Waals surface area contributed by atoms with E-state index < -0.39 is 10.0 Å². The summed E-state index contributed by atoms with van der Waals surface area (Å²) in [7, 11) is -3.58. The lowest BCUT2D eigenvalue weighted by atomic mass is 9.95. The Morgan fingerprint density at radius 3 is 2.64 bits per heavy atom. The number of carbonyl (C=O) groups excluding carboxylic acids is 1. The largest absolute Gasteiger partial charge is 0.334 e. The number of carbonyl (C=O) groups is 1. The summed E-state index contributed by atoms with van der Waals surface area (Å²) in [4.78, 5) is 15.1. The molecule has 2 unspecified atom stereocenters. The molecule has 25 heavy (non-hydrogen) atoms. The first-order chi connectivity index (χ1) is 11.8. The number of benzene rings is 1. The van der Waals surface area contributed by atoms with Crippen molar-refractivity contribution in [2.45, 2.75) is 69.0 Å². The van der Waals surface area contributed by atoms with Crippen LogP contribution in [0.4, 0.5) is 0 Å². The van der Waals surface area contributed by atoms with Gasteiger partial charge < -0.3 is 10.6 Å². The number of likely N-dealkylation sites (tertiary alicyclic amines) is 1. The molecule has 0 aromatic heterocycles. The third-order valence-corrected chi connectivity index (χ3v) is 6.58. The van der Waals surface area contributed by atoms with E-state index in [1.807, 2.05) is 18.7 Å². The van der Waals surface area contributed by atoms with Crippen molar-refractivity contribution in [1.82, 2.24) is 9.62 Å². The Morgan fingerprint density at radius 1 is 1.28 bits per heavy atom. The molecule has 2 aliphatic rings. The summed E-state index contributed by atoms with van der Waals surface area (Å²) in [6, 6.07) is 4.72. The van der Waals surface area contributed by atoms with Crippen LogP contribution >= 0.6 is 0 Å². The van der Waals surface area contributed by atoms with Crippen molar-refractivity contribution in [1.29, 1.82) is 0 Å². The van der Waals surface area contributed by atoms with Crippen molar-refractivity contribution in [3.05, 3.63) is 29.3 Å². The van der Waals surface area contributed by atoms with Crippen LogP contribution in [0.15, 0.2) is 23.1 Å². The van der Waals surface area contributed by atoms with Crippen LogP contribution in [0, 0.1) is 6.92 Å². The zero-order valence-electron chi connectivity index (χ0n) is 14.9. The van der Waals surface area contributed by atoms with Gasteiger partial charge in [-0.15, -0.1) is 0 Å². The second-order valence-corrected chi connectivity index (χ2v) is 9.01. The molecule has 1 saturated carbocycles. The minimum atomic E-state index is -3.58. The topological polar surface area (TPSA) is 92.5 Å². The molecular formula is C18H27N3O3S. The molecule has 7 heteroatoms. The average molecular weight is 365 g/mol. The molecule has 0 spiro atoms. The van der Waals surface area contributed by atoms with Crippen molar-refractivity contribution in [2.75, 3.05) is 6.54 Å². The molecule has 1 saturated heterocycles. The van der Waals surface area contributed by atoms with Crippen LogP contribution in [0.3, 0.4) is 0 Å². The van der Waals surface area contributed by atoms with E-state index in [0.29, 0.717) is 12.1 Å². The summed E-state index contributed by atoms with van der Waals surface area (Å²) in [5.41, 5.74) is 7.30. The van der Waals surface area contributed by atoms with Gasteiger partial charge in [-0.25, -0.2) is 13.1 Å². The van der Waals surface area contributed by atoms with Gasteiger partial charge in [0, 0.05) is 30.2 Å². The van der Waals surface area contributed by atoms with Gasteiger partial charge in [-0.05, 0) is 63.6 Å². The lowest BCUT2D eigenvalue weighted by Gasteiger charge is -2.38. The summed E-state index contributed by atoms with van der Waals surface area (Å²) >= 11 is 0. The van der Waals surface area contributed by atoms with E-state index >= 15 is 0 Å². The molecule has 138 valence electrons. The van der Waals surface area contributed by atoms with Crippen LogP contribution in [0.25, 0.3) is 0 Å². The number of hydrogen-bond donors (Lipinski definition) is 2. The highest BCUT2D eigenvalue weighted by Crippen LogP contribution is 2.26. The number of rotatable bonds is 5. The Morgan fingerprint density at radius 2 is 2.00 bits per heavy atom. The Bertz CT molecular complexity index is 757. The van der Waals surface area contributed by atoms with Gasteiger partial charge in [0.2, 0.25) is 10.0 Å². The smallest absolute Gasteiger partial charge is 0.254 e. The van der Waals surface area contributed by atoms with Gasteiger partial charge in [0.1, 0.15) is 0 Å². The van der Waals surface area contributed by atoms with E-state index in [1.165, 1.54) is 6.07 Å². The Labute approximate surface area is 149 Å². The number of nitrogens with two attached hydrogens (primary N) is 1. The molecule has 1 heterocycles. The van der Waals surface area contributed by atoms with Crippen LogP contribution in [-0.4, -0.2) is 43.9 Å². The van der Waals surface area contributed by atoms with Gasteiger partial charge >= 0.3 is 0 Å². The summed E-state index contributed by atoms with van der Waals surface area (Å²) in [6.07, 6.45) is 4.66. The van der Waals surface area contributed by atoms with Gasteiger partial charge in [-0.2, -0.15) is 0 Å². The number of piperidine rings is 1. The van der Waals surface area contributed by atoms with Crippen LogP contribution in [-0.2, 0) is 10.0 Å². The predicted octanol–water partition coefficient (Wildman–Crippen LogP) is 1.78. The van der Waals surface area contributed by atoms with Crippen LogP contribution < -0.4 is 10.5 Å². The van der Waals surface area contributed by atoms with Crippen molar-refractivity contribution in [3.63, 3.8) is 0 Å². The van der Waals surface area contributed by atoms with Gasteiger partial charge in [0.15, 0.2) is 0 Å². The lowest BCUT2D eigenvalue weighted by molar-refractivity contribution is 0.0583. The van der Waals surface area contributed by atoms with E-state index in [0.717, 1.165) is 37.7 Å². The minimum Gasteiger partial charge on any atom is -0.334 e. The second-order valence-electron chi connectivity index (χ2n) is 7.29. The molecule has 1 aliphatic heterocycles. The molecule has 3 rings (SSSR count). The molecule has 2 fully saturated rings. The molecule has 3 N–H and O–H groups in total. The SMILES string of the molecule is Cc1ccc(S(=O)(=O)NC2CC2)cc1C(=O)N1CCCCC1C(C)N. The number of nitrogens with zero attached hydrogens (tertiary/aromatic N) is 1. The van der Waals surface area contributed by atoms with E-state index in [1.54, 1.807) is 12.1 Å². The van der Waals surface area contributed by atoms with E-state index in [-0.39, 0.29) is 28.9 Å². The molecular weight excluding hydrogens is 338 g/mol. The first-order valence-electron chi connectivity index (χ1n) is 8.99.